The molecule has 1 N–H and O–H groups in total. The molecule has 1 fully saturated rings. The number of carbonyl (C=O) groups excluding carboxylic acids is 2. The third-order valence-electron chi connectivity index (χ3n) is 3.37. The SMILES string of the molecule is O=CNC1CS(=O)(=O)CC1N(C=O)Cc1ccccc1. The number of sulfone groups is 1. The molecule has 0 saturated carbocycles. The molecule has 1 aromatic carbocycles. The van der Waals surface area contributed by atoms with Gasteiger partial charge in [0.05, 0.1) is 23.6 Å². The third-order valence-corrected chi connectivity index (χ3v) is 5.09. The Morgan fingerprint density at radius 1 is 1.20 bits per heavy atom. The van der Waals surface area contributed by atoms with Crippen molar-refractivity contribution in [1.29, 1.82) is 0 Å². The number of amides is 2. The molecule has 20 heavy (non-hydrogen) atoms. The van der Waals surface area contributed by atoms with Crippen LogP contribution in [0.1, 0.15) is 5.56 Å². The van der Waals surface area contributed by atoms with Crippen LogP contribution in [0.5, 0.6) is 0 Å². The molecule has 6 nitrogen and oxygen atoms in total. The maximum Gasteiger partial charge on any atom is 0.210 e. The zero-order chi connectivity index (χ0) is 14.6. The number of nitrogens with one attached hydrogen (secondary N) is 1. The second-order valence-electron chi connectivity index (χ2n) is 4.80. The van der Waals surface area contributed by atoms with Crippen molar-refractivity contribution in [3.63, 3.8) is 0 Å². The molecule has 0 bridgehead atoms. The van der Waals surface area contributed by atoms with Crippen LogP contribution in [0.2, 0.25) is 0 Å². The van der Waals surface area contributed by atoms with E-state index in [0.717, 1.165) is 5.56 Å². The lowest BCUT2D eigenvalue weighted by molar-refractivity contribution is -0.121. The largest absolute Gasteiger partial charge is 0.353 e. The van der Waals surface area contributed by atoms with Crippen molar-refractivity contribution >= 4 is 22.7 Å². The summed E-state index contributed by atoms with van der Waals surface area (Å²) in [6, 6.07) is 8.22. The van der Waals surface area contributed by atoms with Crippen LogP contribution in [0.25, 0.3) is 0 Å². The summed E-state index contributed by atoms with van der Waals surface area (Å²) >= 11 is 0. The molecule has 1 aliphatic heterocycles. The molecule has 0 radical (unpaired) electrons. The Balaban J connectivity index is 2.17. The molecule has 0 aromatic heterocycles. The highest BCUT2D eigenvalue weighted by molar-refractivity contribution is 7.91. The van der Waals surface area contributed by atoms with E-state index in [-0.39, 0.29) is 11.5 Å². The molecule has 2 amide bonds. The number of benzene rings is 1. The third kappa shape index (κ3) is 3.36. The van der Waals surface area contributed by atoms with Gasteiger partial charge in [-0.05, 0) is 5.56 Å². The van der Waals surface area contributed by atoms with Gasteiger partial charge in [-0.25, -0.2) is 8.42 Å². The summed E-state index contributed by atoms with van der Waals surface area (Å²) in [6.45, 7) is 0.321. The summed E-state index contributed by atoms with van der Waals surface area (Å²) in [5, 5.41) is 2.49. The molecule has 108 valence electrons. The van der Waals surface area contributed by atoms with Gasteiger partial charge in [-0.1, -0.05) is 30.3 Å². The second kappa shape index (κ2) is 6.04. The van der Waals surface area contributed by atoms with E-state index in [1.165, 1.54) is 4.90 Å². The lowest BCUT2D eigenvalue weighted by atomic mass is 10.1. The highest BCUT2D eigenvalue weighted by atomic mass is 32.2. The number of rotatable bonds is 6. The van der Waals surface area contributed by atoms with Crippen molar-refractivity contribution in [3.8, 4) is 0 Å². The molecule has 1 aliphatic rings. The van der Waals surface area contributed by atoms with Crippen LogP contribution in [-0.2, 0) is 26.0 Å². The topological polar surface area (TPSA) is 83.6 Å². The van der Waals surface area contributed by atoms with E-state index in [9.17, 15) is 18.0 Å². The number of carbonyl (C=O) groups is 2. The van der Waals surface area contributed by atoms with Crippen molar-refractivity contribution in [2.45, 2.75) is 18.6 Å². The van der Waals surface area contributed by atoms with Crippen LogP contribution in [0.3, 0.4) is 0 Å². The van der Waals surface area contributed by atoms with Gasteiger partial charge in [0.25, 0.3) is 0 Å². The van der Waals surface area contributed by atoms with Crippen LogP contribution in [0.4, 0.5) is 0 Å². The fraction of sp³-hybridized carbons (Fsp3) is 0.385. The van der Waals surface area contributed by atoms with Crippen molar-refractivity contribution in [2.24, 2.45) is 0 Å². The maximum absolute atomic E-state index is 11.7. The van der Waals surface area contributed by atoms with Gasteiger partial charge >= 0.3 is 0 Å². The first kappa shape index (κ1) is 14.5. The summed E-state index contributed by atoms with van der Waals surface area (Å²) in [5.74, 6) is -0.250. The molecule has 2 atom stereocenters. The molecule has 2 unspecified atom stereocenters. The molecule has 1 aromatic rings. The van der Waals surface area contributed by atoms with Crippen LogP contribution in [-0.4, -0.2) is 49.7 Å². The van der Waals surface area contributed by atoms with Gasteiger partial charge in [0, 0.05) is 6.54 Å². The van der Waals surface area contributed by atoms with Gasteiger partial charge in [-0.2, -0.15) is 0 Å². The molecule has 1 heterocycles. The van der Waals surface area contributed by atoms with Gasteiger partial charge < -0.3 is 10.2 Å². The fourth-order valence-corrected chi connectivity index (χ4v) is 4.38. The van der Waals surface area contributed by atoms with E-state index < -0.39 is 21.9 Å². The Labute approximate surface area is 117 Å². The molecule has 2 rings (SSSR count). The summed E-state index contributed by atoms with van der Waals surface area (Å²) in [5.41, 5.74) is 0.911. The molecule has 1 saturated heterocycles. The van der Waals surface area contributed by atoms with Gasteiger partial charge in [0.15, 0.2) is 9.84 Å². The molecule has 7 heteroatoms. The lowest BCUT2D eigenvalue weighted by Crippen LogP contribution is -2.48. The standard InChI is InChI=1S/C13H16N2O4S/c16-9-14-12-7-20(18,19)8-13(12)15(10-17)6-11-4-2-1-3-5-11/h1-5,9-10,12-13H,6-8H2,(H,14,16). The predicted octanol–water partition coefficient (Wildman–Crippen LogP) is -0.443. The normalized spacial score (nSPS) is 24.0. The molecule has 0 spiro atoms. The Bertz CT molecular complexity index is 573. The minimum Gasteiger partial charge on any atom is -0.353 e. The smallest absolute Gasteiger partial charge is 0.210 e. The van der Waals surface area contributed by atoms with Gasteiger partial charge in [-0.15, -0.1) is 0 Å². The zero-order valence-electron chi connectivity index (χ0n) is 10.8. The van der Waals surface area contributed by atoms with E-state index in [1.54, 1.807) is 0 Å². The Morgan fingerprint density at radius 3 is 2.50 bits per heavy atom. The van der Waals surface area contributed by atoms with Crippen LogP contribution in [0, 0.1) is 0 Å². The lowest BCUT2D eigenvalue weighted by Gasteiger charge is -2.28. The zero-order valence-corrected chi connectivity index (χ0v) is 11.6. The number of hydrogen-bond donors (Lipinski definition) is 1. The highest BCUT2D eigenvalue weighted by Gasteiger charge is 2.40. The molecule has 0 aliphatic carbocycles. The van der Waals surface area contributed by atoms with E-state index in [0.29, 0.717) is 19.4 Å². The minimum atomic E-state index is -3.24. The minimum absolute atomic E-state index is 0.121. The van der Waals surface area contributed by atoms with E-state index in [4.69, 9.17) is 0 Å². The van der Waals surface area contributed by atoms with E-state index in [2.05, 4.69) is 5.32 Å². The summed E-state index contributed by atoms with van der Waals surface area (Å²) in [4.78, 5) is 23.3. The summed E-state index contributed by atoms with van der Waals surface area (Å²) < 4.78 is 23.4. The summed E-state index contributed by atoms with van der Waals surface area (Å²) in [6.07, 6.45) is 1.11. The van der Waals surface area contributed by atoms with Gasteiger partial charge in [0.1, 0.15) is 0 Å². The maximum atomic E-state index is 11.7. The van der Waals surface area contributed by atoms with Crippen LogP contribution >= 0.6 is 0 Å². The Morgan fingerprint density at radius 2 is 1.90 bits per heavy atom. The number of hydrogen-bond acceptors (Lipinski definition) is 4. The molecular formula is C13H16N2O4S. The average molecular weight is 296 g/mol. The Kier molecular flexibility index (Phi) is 4.39. The van der Waals surface area contributed by atoms with Crippen LogP contribution < -0.4 is 5.32 Å². The van der Waals surface area contributed by atoms with E-state index in [1.807, 2.05) is 30.3 Å². The van der Waals surface area contributed by atoms with E-state index >= 15 is 0 Å². The van der Waals surface area contributed by atoms with Gasteiger partial charge in [-0.3, -0.25) is 9.59 Å². The van der Waals surface area contributed by atoms with Gasteiger partial charge in [0.2, 0.25) is 12.8 Å². The first-order valence-electron chi connectivity index (χ1n) is 6.21. The first-order valence-corrected chi connectivity index (χ1v) is 8.03. The second-order valence-corrected chi connectivity index (χ2v) is 6.95. The highest BCUT2D eigenvalue weighted by Crippen LogP contribution is 2.19. The average Bonchev–Trinajstić information content (AvgIpc) is 2.73. The van der Waals surface area contributed by atoms with Crippen LogP contribution in [0.15, 0.2) is 30.3 Å². The fourth-order valence-electron chi connectivity index (χ4n) is 2.43. The van der Waals surface area contributed by atoms with Crippen molar-refractivity contribution in [1.82, 2.24) is 10.2 Å². The monoisotopic (exact) mass is 296 g/mol. The number of nitrogens with zero attached hydrogens (tertiary/aromatic N) is 1. The van der Waals surface area contributed by atoms with Crippen molar-refractivity contribution in [2.75, 3.05) is 11.5 Å². The van der Waals surface area contributed by atoms with Crippen molar-refractivity contribution in [3.05, 3.63) is 35.9 Å². The van der Waals surface area contributed by atoms with Crippen molar-refractivity contribution < 1.29 is 18.0 Å². The Hall–Kier alpha value is -1.89. The predicted molar refractivity (Wildman–Crippen MR) is 73.5 cm³/mol. The first-order chi connectivity index (χ1) is 9.55. The molecular weight excluding hydrogens is 280 g/mol. The quantitative estimate of drug-likeness (QED) is 0.721. The summed E-state index contributed by atoms with van der Waals surface area (Å²) in [7, 11) is -3.24.